The lowest BCUT2D eigenvalue weighted by Crippen LogP contribution is -2.29. The van der Waals surface area contributed by atoms with Crippen molar-refractivity contribution < 1.29 is 17.9 Å². The summed E-state index contributed by atoms with van der Waals surface area (Å²) in [6, 6.07) is 12.2. The predicted octanol–water partition coefficient (Wildman–Crippen LogP) is 3.62. The molecule has 0 aliphatic rings. The third-order valence-corrected chi connectivity index (χ3v) is 5.68. The molecule has 0 unspecified atom stereocenters. The van der Waals surface area contributed by atoms with Crippen LogP contribution in [0.25, 0.3) is 0 Å². The van der Waals surface area contributed by atoms with Crippen molar-refractivity contribution in [2.75, 3.05) is 6.61 Å². The standard InChI is InChI=1S/C23H32N2O4S/c1-22(2,3)17-9-12-20(19(13-17)23(4,5)6)29-15-21(26)25-14-16-7-10-18(11-8-16)30(24,27)28/h7-13H,14-15H2,1-6H3,(H,25,26)(H2,24,27,28). The summed E-state index contributed by atoms with van der Waals surface area (Å²) >= 11 is 0. The molecule has 2 aromatic rings. The molecule has 2 rings (SSSR count). The molecular weight excluding hydrogens is 400 g/mol. The average Bonchev–Trinajstić information content (AvgIpc) is 2.62. The summed E-state index contributed by atoms with van der Waals surface area (Å²) in [4.78, 5) is 12.3. The maximum Gasteiger partial charge on any atom is 0.258 e. The van der Waals surface area contributed by atoms with Crippen molar-refractivity contribution in [3.8, 4) is 5.75 Å². The molecule has 7 heteroatoms. The lowest BCUT2D eigenvalue weighted by atomic mass is 9.80. The molecule has 6 nitrogen and oxygen atoms in total. The molecule has 0 fully saturated rings. The highest BCUT2D eigenvalue weighted by molar-refractivity contribution is 7.89. The number of nitrogens with two attached hydrogens (primary N) is 1. The number of carbonyl (C=O) groups excluding carboxylic acids is 1. The summed E-state index contributed by atoms with van der Waals surface area (Å²) in [6.45, 7) is 13.0. The van der Waals surface area contributed by atoms with Crippen LogP contribution < -0.4 is 15.2 Å². The normalized spacial score (nSPS) is 12.5. The van der Waals surface area contributed by atoms with Gasteiger partial charge >= 0.3 is 0 Å². The number of amides is 1. The van der Waals surface area contributed by atoms with Crippen molar-refractivity contribution in [3.63, 3.8) is 0 Å². The molecular formula is C23H32N2O4S. The van der Waals surface area contributed by atoms with Crippen LogP contribution >= 0.6 is 0 Å². The molecule has 1 amide bonds. The molecule has 30 heavy (non-hydrogen) atoms. The van der Waals surface area contributed by atoms with Gasteiger partial charge in [0.1, 0.15) is 5.75 Å². The second-order valence-electron chi connectivity index (χ2n) is 9.47. The Bertz CT molecular complexity index is 999. The predicted molar refractivity (Wildman–Crippen MR) is 119 cm³/mol. The zero-order valence-corrected chi connectivity index (χ0v) is 19.4. The third-order valence-electron chi connectivity index (χ3n) is 4.75. The highest BCUT2D eigenvalue weighted by atomic mass is 32.2. The molecule has 0 bridgehead atoms. The van der Waals surface area contributed by atoms with E-state index in [0.717, 1.165) is 11.1 Å². The van der Waals surface area contributed by atoms with E-state index in [9.17, 15) is 13.2 Å². The SMILES string of the molecule is CC(C)(C)c1ccc(OCC(=O)NCc2ccc(S(N)(=O)=O)cc2)c(C(C)(C)C)c1. The Labute approximate surface area is 179 Å². The molecule has 0 saturated heterocycles. The first-order valence-electron chi connectivity index (χ1n) is 9.84. The minimum atomic E-state index is -3.73. The molecule has 0 aromatic heterocycles. The van der Waals surface area contributed by atoms with Gasteiger partial charge < -0.3 is 10.1 Å². The summed E-state index contributed by atoms with van der Waals surface area (Å²) in [5.41, 5.74) is 2.93. The fourth-order valence-electron chi connectivity index (χ4n) is 2.90. The maximum absolute atomic E-state index is 12.3. The van der Waals surface area contributed by atoms with Gasteiger partial charge in [-0.15, -0.1) is 0 Å². The number of hydrogen-bond donors (Lipinski definition) is 2. The van der Waals surface area contributed by atoms with Crippen LogP contribution in [-0.4, -0.2) is 20.9 Å². The Morgan fingerprint density at radius 2 is 1.57 bits per heavy atom. The lowest BCUT2D eigenvalue weighted by molar-refractivity contribution is -0.123. The molecule has 164 valence electrons. The highest BCUT2D eigenvalue weighted by Gasteiger charge is 2.23. The Hall–Kier alpha value is -2.38. The van der Waals surface area contributed by atoms with E-state index in [1.54, 1.807) is 12.1 Å². The monoisotopic (exact) mass is 432 g/mol. The van der Waals surface area contributed by atoms with E-state index < -0.39 is 10.0 Å². The summed E-state index contributed by atoms with van der Waals surface area (Å²) in [5, 5.41) is 7.86. The topological polar surface area (TPSA) is 98.5 Å². The summed E-state index contributed by atoms with van der Waals surface area (Å²) in [7, 11) is -3.73. The summed E-state index contributed by atoms with van der Waals surface area (Å²) < 4.78 is 28.4. The van der Waals surface area contributed by atoms with Gasteiger partial charge in [0.05, 0.1) is 4.90 Å². The van der Waals surface area contributed by atoms with Crippen molar-refractivity contribution in [1.82, 2.24) is 5.32 Å². The zero-order chi connectivity index (χ0) is 22.7. The molecule has 0 heterocycles. The van der Waals surface area contributed by atoms with Crippen LogP contribution in [0.2, 0.25) is 0 Å². The largest absolute Gasteiger partial charge is 0.483 e. The molecule has 0 atom stereocenters. The van der Waals surface area contributed by atoms with Gasteiger partial charge in [0, 0.05) is 6.54 Å². The zero-order valence-electron chi connectivity index (χ0n) is 18.6. The van der Waals surface area contributed by atoms with Crippen LogP contribution in [0.1, 0.15) is 58.2 Å². The molecule has 0 aliphatic heterocycles. The van der Waals surface area contributed by atoms with E-state index in [2.05, 4.69) is 52.9 Å². The molecule has 2 aromatic carbocycles. The van der Waals surface area contributed by atoms with Crippen LogP contribution in [0.3, 0.4) is 0 Å². The number of benzene rings is 2. The van der Waals surface area contributed by atoms with E-state index in [0.29, 0.717) is 5.75 Å². The fourth-order valence-corrected chi connectivity index (χ4v) is 3.42. The van der Waals surface area contributed by atoms with Gasteiger partial charge in [-0.3, -0.25) is 4.79 Å². The smallest absolute Gasteiger partial charge is 0.258 e. The van der Waals surface area contributed by atoms with Crippen molar-refractivity contribution in [2.24, 2.45) is 5.14 Å². The van der Waals surface area contributed by atoms with Crippen LogP contribution in [-0.2, 0) is 32.2 Å². The summed E-state index contributed by atoms with van der Waals surface area (Å²) in [5.74, 6) is 0.438. The molecule has 0 radical (unpaired) electrons. The van der Waals surface area contributed by atoms with E-state index in [4.69, 9.17) is 9.88 Å². The highest BCUT2D eigenvalue weighted by Crippen LogP contribution is 2.35. The van der Waals surface area contributed by atoms with Crippen LogP contribution in [0.5, 0.6) is 5.75 Å². The van der Waals surface area contributed by atoms with E-state index in [1.165, 1.54) is 17.7 Å². The quantitative estimate of drug-likeness (QED) is 0.728. The minimum absolute atomic E-state index is 0.0225. The number of nitrogens with one attached hydrogen (secondary N) is 1. The van der Waals surface area contributed by atoms with Gasteiger partial charge in [-0.05, 0) is 45.7 Å². The molecule has 0 aliphatic carbocycles. The van der Waals surface area contributed by atoms with Crippen molar-refractivity contribution in [1.29, 1.82) is 0 Å². The first-order chi connectivity index (χ1) is 13.7. The molecule has 3 N–H and O–H groups in total. The minimum Gasteiger partial charge on any atom is -0.483 e. The first kappa shape index (κ1) is 23.9. The molecule has 0 saturated carbocycles. The number of rotatable bonds is 6. The van der Waals surface area contributed by atoms with Crippen molar-refractivity contribution >= 4 is 15.9 Å². The number of sulfonamides is 1. The Kier molecular flexibility index (Phi) is 6.99. The Morgan fingerprint density at radius 3 is 2.07 bits per heavy atom. The van der Waals surface area contributed by atoms with Gasteiger partial charge in [0.25, 0.3) is 5.91 Å². The van der Waals surface area contributed by atoms with Gasteiger partial charge in [0.15, 0.2) is 6.61 Å². The van der Waals surface area contributed by atoms with E-state index in [-0.39, 0.29) is 34.8 Å². The van der Waals surface area contributed by atoms with Crippen molar-refractivity contribution in [2.45, 2.75) is 63.8 Å². The number of primary sulfonamides is 1. The Morgan fingerprint density at radius 1 is 0.967 bits per heavy atom. The number of hydrogen-bond acceptors (Lipinski definition) is 4. The third kappa shape index (κ3) is 6.57. The number of ether oxygens (including phenoxy) is 1. The van der Waals surface area contributed by atoms with Crippen LogP contribution in [0.4, 0.5) is 0 Å². The van der Waals surface area contributed by atoms with Crippen LogP contribution in [0.15, 0.2) is 47.4 Å². The Balaban J connectivity index is 2.02. The fraction of sp³-hybridized carbons (Fsp3) is 0.435. The van der Waals surface area contributed by atoms with Gasteiger partial charge in [-0.25, -0.2) is 13.6 Å². The second-order valence-corrected chi connectivity index (χ2v) is 11.0. The second kappa shape index (κ2) is 8.78. The maximum atomic E-state index is 12.3. The van der Waals surface area contributed by atoms with Crippen LogP contribution in [0, 0.1) is 0 Å². The number of carbonyl (C=O) groups is 1. The molecule has 0 spiro atoms. The lowest BCUT2D eigenvalue weighted by Gasteiger charge is -2.27. The average molecular weight is 433 g/mol. The summed E-state index contributed by atoms with van der Waals surface area (Å²) in [6.07, 6.45) is 0. The van der Waals surface area contributed by atoms with E-state index >= 15 is 0 Å². The van der Waals surface area contributed by atoms with Crippen molar-refractivity contribution in [3.05, 3.63) is 59.2 Å². The van der Waals surface area contributed by atoms with Gasteiger partial charge in [-0.2, -0.15) is 0 Å². The van der Waals surface area contributed by atoms with Gasteiger partial charge in [-0.1, -0.05) is 65.8 Å². The van der Waals surface area contributed by atoms with Gasteiger partial charge in [0.2, 0.25) is 10.0 Å². The van der Waals surface area contributed by atoms with E-state index in [1.807, 2.05) is 12.1 Å². The first-order valence-corrected chi connectivity index (χ1v) is 11.4.